The Morgan fingerprint density at radius 3 is 2.42 bits per heavy atom. The number of aryl methyl sites for hydroxylation is 2. The van der Waals surface area contributed by atoms with Crippen LogP contribution in [0.3, 0.4) is 0 Å². The maximum absolute atomic E-state index is 13.8. The van der Waals surface area contributed by atoms with Crippen molar-refractivity contribution < 1.29 is 18.7 Å². The summed E-state index contributed by atoms with van der Waals surface area (Å²) >= 11 is 0. The first-order chi connectivity index (χ1) is 11.4. The quantitative estimate of drug-likeness (QED) is 0.826. The minimum Gasteiger partial charge on any atom is -0.465 e. The summed E-state index contributed by atoms with van der Waals surface area (Å²) in [6, 6.07) is 9.49. The Bertz CT molecular complexity index is 755. The number of carbonyl (C=O) groups excluding carboxylic acids is 2. The molecule has 0 heterocycles. The van der Waals surface area contributed by atoms with Crippen molar-refractivity contribution in [2.45, 2.75) is 13.8 Å². The summed E-state index contributed by atoms with van der Waals surface area (Å²) in [7, 11) is 1.25. The lowest BCUT2D eigenvalue weighted by molar-refractivity contribution is -0.114. The molecular weight excluding hydrogens is 311 g/mol. The summed E-state index contributed by atoms with van der Waals surface area (Å²) in [5.41, 5.74) is 2.91. The molecule has 2 N–H and O–H groups in total. The van der Waals surface area contributed by atoms with Gasteiger partial charge in [-0.25, -0.2) is 9.18 Å². The van der Waals surface area contributed by atoms with Crippen molar-refractivity contribution in [1.82, 2.24) is 0 Å². The van der Waals surface area contributed by atoms with E-state index in [4.69, 9.17) is 0 Å². The molecule has 2 aromatic carbocycles. The van der Waals surface area contributed by atoms with E-state index in [0.717, 1.165) is 22.9 Å². The third-order valence-electron chi connectivity index (χ3n) is 3.57. The number of carbonyl (C=O) groups is 2. The molecule has 0 aliphatic heterocycles. The number of hydrogen-bond donors (Lipinski definition) is 2. The van der Waals surface area contributed by atoms with E-state index < -0.39 is 11.8 Å². The molecule has 1 amide bonds. The zero-order chi connectivity index (χ0) is 17.7. The number of hydrogen-bond acceptors (Lipinski definition) is 4. The van der Waals surface area contributed by atoms with Crippen molar-refractivity contribution >= 4 is 23.3 Å². The minimum absolute atomic E-state index is 0.0644. The molecule has 0 fully saturated rings. The van der Waals surface area contributed by atoms with Gasteiger partial charge in [0, 0.05) is 5.69 Å². The smallest absolute Gasteiger partial charge is 0.337 e. The van der Waals surface area contributed by atoms with Gasteiger partial charge >= 0.3 is 5.97 Å². The zero-order valence-electron chi connectivity index (χ0n) is 13.8. The lowest BCUT2D eigenvalue weighted by Crippen LogP contribution is -2.23. The first-order valence-electron chi connectivity index (χ1n) is 7.40. The standard InChI is InChI=1S/C18H19FN2O3/c1-11-5-4-6-12(2)17(11)21-16(22)10-20-15-9-13(18(23)24-3)7-8-14(15)19/h4-9,20H,10H2,1-3H3,(H,21,22). The van der Waals surface area contributed by atoms with Gasteiger partial charge in [0.15, 0.2) is 0 Å². The Kier molecular flexibility index (Phi) is 5.52. The molecule has 0 spiro atoms. The number of para-hydroxylation sites is 1. The molecular formula is C18H19FN2O3. The van der Waals surface area contributed by atoms with Gasteiger partial charge in [0.2, 0.25) is 5.91 Å². The number of ether oxygens (including phenoxy) is 1. The summed E-state index contributed by atoms with van der Waals surface area (Å²) in [6.45, 7) is 3.67. The van der Waals surface area contributed by atoms with Gasteiger partial charge in [0.1, 0.15) is 5.82 Å². The second-order valence-electron chi connectivity index (χ2n) is 5.35. The Morgan fingerprint density at radius 1 is 1.12 bits per heavy atom. The van der Waals surface area contributed by atoms with E-state index in [1.54, 1.807) is 0 Å². The van der Waals surface area contributed by atoms with Gasteiger partial charge in [-0.15, -0.1) is 0 Å². The molecule has 24 heavy (non-hydrogen) atoms. The van der Waals surface area contributed by atoms with Gasteiger partial charge in [-0.2, -0.15) is 0 Å². The van der Waals surface area contributed by atoms with Gasteiger partial charge in [0.05, 0.1) is 24.9 Å². The van der Waals surface area contributed by atoms with Crippen LogP contribution in [0.4, 0.5) is 15.8 Å². The molecule has 2 rings (SSSR count). The topological polar surface area (TPSA) is 67.4 Å². The van der Waals surface area contributed by atoms with Crippen LogP contribution < -0.4 is 10.6 Å². The zero-order valence-corrected chi connectivity index (χ0v) is 13.8. The van der Waals surface area contributed by atoms with E-state index in [1.807, 2.05) is 32.0 Å². The van der Waals surface area contributed by atoms with Crippen LogP contribution in [0.25, 0.3) is 0 Å². The molecule has 0 saturated carbocycles. The SMILES string of the molecule is COC(=O)c1ccc(F)c(NCC(=O)Nc2c(C)cccc2C)c1. The highest BCUT2D eigenvalue weighted by molar-refractivity contribution is 5.95. The lowest BCUT2D eigenvalue weighted by atomic mass is 10.1. The third-order valence-corrected chi connectivity index (χ3v) is 3.57. The van der Waals surface area contributed by atoms with Gasteiger partial charge in [-0.1, -0.05) is 18.2 Å². The summed E-state index contributed by atoms with van der Waals surface area (Å²) in [5, 5.41) is 5.50. The van der Waals surface area contributed by atoms with Crippen molar-refractivity contribution in [2.75, 3.05) is 24.3 Å². The second-order valence-corrected chi connectivity index (χ2v) is 5.35. The van der Waals surface area contributed by atoms with Gasteiger partial charge < -0.3 is 15.4 Å². The largest absolute Gasteiger partial charge is 0.465 e. The van der Waals surface area contributed by atoms with Crippen LogP contribution in [0, 0.1) is 19.7 Å². The lowest BCUT2D eigenvalue weighted by Gasteiger charge is -2.13. The average molecular weight is 330 g/mol. The van der Waals surface area contributed by atoms with Crippen LogP contribution in [0.1, 0.15) is 21.5 Å². The number of rotatable bonds is 5. The summed E-state index contributed by atoms with van der Waals surface area (Å²) in [4.78, 5) is 23.6. The van der Waals surface area contributed by atoms with Crippen molar-refractivity contribution in [3.05, 3.63) is 58.9 Å². The fraction of sp³-hybridized carbons (Fsp3) is 0.222. The Morgan fingerprint density at radius 2 is 1.79 bits per heavy atom. The molecule has 0 radical (unpaired) electrons. The van der Waals surface area contributed by atoms with E-state index in [0.29, 0.717) is 0 Å². The summed E-state index contributed by atoms with van der Waals surface area (Å²) in [5.74, 6) is -1.43. The van der Waals surface area contributed by atoms with Crippen LogP contribution in [0.5, 0.6) is 0 Å². The van der Waals surface area contributed by atoms with Crippen LogP contribution in [0.2, 0.25) is 0 Å². The molecule has 2 aromatic rings. The Labute approximate surface area is 139 Å². The first kappa shape index (κ1) is 17.5. The number of anilines is 2. The van der Waals surface area contributed by atoms with Crippen LogP contribution in [0.15, 0.2) is 36.4 Å². The highest BCUT2D eigenvalue weighted by atomic mass is 19.1. The fourth-order valence-electron chi connectivity index (χ4n) is 2.28. The molecule has 5 nitrogen and oxygen atoms in total. The number of esters is 1. The molecule has 0 aromatic heterocycles. The van der Waals surface area contributed by atoms with Gasteiger partial charge in [-0.05, 0) is 43.2 Å². The Hall–Kier alpha value is -2.89. The first-order valence-corrected chi connectivity index (χ1v) is 7.40. The van der Waals surface area contributed by atoms with Crippen molar-refractivity contribution in [2.24, 2.45) is 0 Å². The molecule has 0 aliphatic carbocycles. The van der Waals surface area contributed by atoms with E-state index in [9.17, 15) is 14.0 Å². The molecule has 0 bridgehead atoms. The van der Waals surface area contributed by atoms with E-state index in [-0.39, 0.29) is 23.7 Å². The predicted octanol–water partition coefficient (Wildman–Crippen LogP) is 3.28. The molecule has 0 atom stereocenters. The second kappa shape index (κ2) is 7.59. The van der Waals surface area contributed by atoms with Crippen LogP contribution in [-0.2, 0) is 9.53 Å². The van der Waals surface area contributed by atoms with E-state index in [2.05, 4.69) is 15.4 Å². The van der Waals surface area contributed by atoms with Crippen molar-refractivity contribution in [3.63, 3.8) is 0 Å². The van der Waals surface area contributed by atoms with Crippen LogP contribution >= 0.6 is 0 Å². The maximum Gasteiger partial charge on any atom is 0.337 e. The predicted molar refractivity (Wildman–Crippen MR) is 90.8 cm³/mol. The maximum atomic E-state index is 13.8. The fourth-order valence-corrected chi connectivity index (χ4v) is 2.28. The molecule has 6 heteroatoms. The minimum atomic E-state index is -0.571. The van der Waals surface area contributed by atoms with E-state index in [1.165, 1.54) is 19.2 Å². The highest BCUT2D eigenvalue weighted by Crippen LogP contribution is 2.20. The number of nitrogens with one attached hydrogen (secondary N) is 2. The molecule has 0 unspecified atom stereocenters. The van der Waals surface area contributed by atoms with Gasteiger partial charge in [0.25, 0.3) is 0 Å². The Balaban J connectivity index is 2.05. The van der Waals surface area contributed by atoms with Gasteiger partial charge in [-0.3, -0.25) is 4.79 Å². The number of halogens is 1. The number of methoxy groups -OCH3 is 1. The molecule has 0 saturated heterocycles. The highest BCUT2D eigenvalue weighted by Gasteiger charge is 2.12. The van der Waals surface area contributed by atoms with E-state index >= 15 is 0 Å². The molecule has 126 valence electrons. The normalized spacial score (nSPS) is 10.2. The third kappa shape index (κ3) is 4.10. The summed E-state index contributed by atoms with van der Waals surface area (Å²) < 4.78 is 18.4. The number of amides is 1. The monoisotopic (exact) mass is 330 g/mol. The average Bonchev–Trinajstić information content (AvgIpc) is 2.57. The summed E-state index contributed by atoms with van der Waals surface area (Å²) in [6.07, 6.45) is 0. The van der Waals surface area contributed by atoms with Crippen molar-refractivity contribution in [3.8, 4) is 0 Å². The molecule has 0 aliphatic rings. The van der Waals surface area contributed by atoms with Crippen molar-refractivity contribution in [1.29, 1.82) is 0 Å². The number of benzene rings is 2. The van der Waals surface area contributed by atoms with Crippen LogP contribution in [-0.4, -0.2) is 25.5 Å².